The Bertz CT molecular complexity index is 331. The van der Waals surface area contributed by atoms with E-state index >= 15 is 0 Å². The van der Waals surface area contributed by atoms with Crippen molar-refractivity contribution in [2.24, 2.45) is 0 Å². The van der Waals surface area contributed by atoms with Crippen molar-refractivity contribution >= 4 is 11.9 Å². The molecule has 1 rings (SSSR count). The van der Waals surface area contributed by atoms with Crippen LogP contribution in [0.5, 0.6) is 0 Å². The second-order valence-corrected chi connectivity index (χ2v) is 2.76. The lowest BCUT2D eigenvalue weighted by Crippen LogP contribution is -2.23. The molecule has 0 saturated carbocycles. The molecule has 0 amide bonds. The number of carbonyl (C=O) groups is 2. The van der Waals surface area contributed by atoms with Gasteiger partial charge in [0, 0.05) is 5.56 Å². The highest BCUT2D eigenvalue weighted by molar-refractivity contribution is 5.99. The second kappa shape index (κ2) is 4.41. The van der Waals surface area contributed by atoms with Crippen molar-refractivity contribution in [2.75, 3.05) is 0 Å². The van der Waals surface area contributed by atoms with Crippen LogP contribution in [0.15, 0.2) is 30.3 Å². The fraction of sp³-hybridized carbons (Fsp3) is 0.200. The molecule has 14 heavy (non-hydrogen) atoms. The maximum absolute atomic E-state index is 11.5. The lowest BCUT2D eigenvalue weighted by atomic mass is 10.1. The molecule has 0 aliphatic carbocycles. The van der Waals surface area contributed by atoms with E-state index in [1.807, 2.05) is 0 Å². The molecular formula is C10H10O4. The topological polar surface area (TPSA) is 63.6 Å². The zero-order valence-corrected chi connectivity index (χ0v) is 7.64. The zero-order chi connectivity index (χ0) is 10.6. The summed E-state index contributed by atoms with van der Waals surface area (Å²) in [5, 5.41) is 8.31. The second-order valence-electron chi connectivity index (χ2n) is 2.76. The number of hydrogen-bond donors (Lipinski definition) is 1. The number of ketones is 1. The minimum atomic E-state index is -1.44. The van der Waals surface area contributed by atoms with Gasteiger partial charge in [0.25, 0.3) is 0 Å². The fourth-order valence-corrected chi connectivity index (χ4v) is 1.04. The first-order valence-electron chi connectivity index (χ1n) is 4.10. The van der Waals surface area contributed by atoms with Crippen LogP contribution in [0.4, 0.5) is 4.79 Å². The summed E-state index contributed by atoms with van der Waals surface area (Å²) in [6, 6.07) is 8.43. The van der Waals surface area contributed by atoms with Crippen LogP contribution in [-0.4, -0.2) is 23.1 Å². The smallest absolute Gasteiger partial charge is 0.450 e. The molecule has 0 aliphatic rings. The summed E-state index contributed by atoms with van der Waals surface area (Å²) < 4.78 is 4.33. The number of Topliss-reactive ketones (excluding diaryl/α,β-unsaturated/α-hetero) is 1. The van der Waals surface area contributed by atoms with Gasteiger partial charge in [0.15, 0.2) is 6.10 Å². The molecule has 0 radical (unpaired) electrons. The quantitative estimate of drug-likeness (QED) is 0.590. The molecule has 1 N–H and O–H groups in total. The molecule has 0 aromatic heterocycles. The Morgan fingerprint density at radius 2 is 1.86 bits per heavy atom. The van der Waals surface area contributed by atoms with Crippen molar-refractivity contribution < 1.29 is 19.4 Å². The third kappa shape index (κ3) is 2.58. The number of ether oxygens (including phenoxy) is 1. The summed E-state index contributed by atoms with van der Waals surface area (Å²) in [6.07, 6.45) is -2.41. The summed E-state index contributed by atoms with van der Waals surface area (Å²) in [7, 11) is 0. The normalized spacial score (nSPS) is 11.8. The van der Waals surface area contributed by atoms with Crippen molar-refractivity contribution in [2.45, 2.75) is 13.0 Å². The number of carboxylic acid groups (broad SMARTS) is 1. The maximum Gasteiger partial charge on any atom is 0.506 e. The molecule has 1 aromatic carbocycles. The van der Waals surface area contributed by atoms with E-state index in [2.05, 4.69) is 4.74 Å². The van der Waals surface area contributed by atoms with Gasteiger partial charge in [-0.2, -0.15) is 0 Å². The van der Waals surface area contributed by atoms with Crippen LogP contribution < -0.4 is 0 Å². The molecule has 0 heterocycles. The molecule has 0 saturated heterocycles. The Balaban J connectivity index is 2.71. The van der Waals surface area contributed by atoms with E-state index in [9.17, 15) is 9.59 Å². The average Bonchev–Trinajstić information content (AvgIpc) is 2.17. The molecule has 0 spiro atoms. The predicted molar refractivity (Wildman–Crippen MR) is 49.3 cm³/mol. The van der Waals surface area contributed by atoms with Crippen molar-refractivity contribution in [1.29, 1.82) is 0 Å². The molecule has 0 bridgehead atoms. The van der Waals surface area contributed by atoms with Crippen LogP contribution in [0, 0.1) is 0 Å². The van der Waals surface area contributed by atoms with Gasteiger partial charge in [-0.25, -0.2) is 4.79 Å². The third-order valence-corrected chi connectivity index (χ3v) is 1.71. The molecule has 74 valence electrons. The Morgan fingerprint density at radius 1 is 1.29 bits per heavy atom. The van der Waals surface area contributed by atoms with Gasteiger partial charge in [0.1, 0.15) is 0 Å². The van der Waals surface area contributed by atoms with Gasteiger partial charge in [-0.1, -0.05) is 30.3 Å². The number of benzene rings is 1. The summed E-state index contributed by atoms with van der Waals surface area (Å²) in [6.45, 7) is 1.41. The standard InChI is InChI=1S/C10H10O4/c1-7(14-10(12)13)9(11)8-5-3-2-4-6-8/h2-7H,1H3,(H,12,13). The van der Waals surface area contributed by atoms with E-state index in [0.717, 1.165) is 0 Å². The van der Waals surface area contributed by atoms with Gasteiger partial charge in [0.05, 0.1) is 0 Å². The van der Waals surface area contributed by atoms with Crippen LogP contribution in [0.1, 0.15) is 17.3 Å². The molecule has 4 nitrogen and oxygen atoms in total. The summed E-state index contributed by atoms with van der Waals surface area (Å²) in [5.41, 5.74) is 0.446. The largest absolute Gasteiger partial charge is 0.506 e. The zero-order valence-electron chi connectivity index (χ0n) is 7.64. The molecular weight excluding hydrogens is 184 g/mol. The number of hydrogen-bond acceptors (Lipinski definition) is 3. The molecule has 0 aliphatic heterocycles. The van der Waals surface area contributed by atoms with Crippen LogP contribution >= 0.6 is 0 Å². The van der Waals surface area contributed by atoms with Gasteiger partial charge >= 0.3 is 6.16 Å². The monoisotopic (exact) mass is 194 g/mol. The Labute approximate surface area is 81.1 Å². The first kappa shape index (κ1) is 10.2. The Kier molecular flexibility index (Phi) is 3.23. The Morgan fingerprint density at radius 3 is 2.36 bits per heavy atom. The number of rotatable bonds is 3. The van der Waals surface area contributed by atoms with E-state index in [-0.39, 0.29) is 5.78 Å². The minimum absolute atomic E-state index is 0.340. The highest BCUT2D eigenvalue weighted by atomic mass is 16.7. The maximum atomic E-state index is 11.5. The SMILES string of the molecule is CC(OC(=O)O)C(=O)c1ccccc1. The summed E-state index contributed by atoms with van der Waals surface area (Å²) in [5.74, 6) is -0.340. The third-order valence-electron chi connectivity index (χ3n) is 1.71. The summed E-state index contributed by atoms with van der Waals surface area (Å²) in [4.78, 5) is 21.7. The van der Waals surface area contributed by atoms with E-state index in [1.54, 1.807) is 30.3 Å². The van der Waals surface area contributed by atoms with Crippen LogP contribution in [0.2, 0.25) is 0 Å². The van der Waals surface area contributed by atoms with Gasteiger partial charge in [-0.05, 0) is 6.92 Å². The summed E-state index contributed by atoms with van der Waals surface area (Å²) >= 11 is 0. The average molecular weight is 194 g/mol. The van der Waals surface area contributed by atoms with Crippen LogP contribution in [0.25, 0.3) is 0 Å². The van der Waals surface area contributed by atoms with Crippen molar-refractivity contribution in [1.82, 2.24) is 0 Å². The predicted octanol–water partition coefficient (Wildman–Crippen LogP) is 1.95. The van der Waals surface area contributed by atoms with Crippen molar-refractivity contribution in [3.63, 3.8) is 0 Å². The van der Waals surface area contributed by atoms with Gasteiger partial charge < -0.3 is 9.84 Å². The lowest BCUT2D eigenvalue weighted by molar-refractivity contribution is 0.0473. The molecule has 1 aromatic rings. The van der Waals surface area contributed by atoms with E-state index in [0.29, 0.717) is 5.56 Å². The van der Waals surface area contributed by atoms with Crippen LogP contribution in [0.3, 0.4) is 0 Å². The number of carbonyl (C=O) groups excluding carboxylic acids is 1. The van der Waals surface area contributed by atoms with Crippen molar-refractivity contribution in [3.8, 4) is 0 Å². The molecule has 1 unspecified atom stereocenters. The van der Waals surface area contributed by atoms with E-state index in [4.69, 9.17) is 5.11 Å². The van der Waals surface area contributed by atoms with Crippen LogP contribution in [-0.2, 0) is 4.74 Å². The van der Waals surface area contributed by atoms with Gasteiger partial charge in [-0.15, -0.1) is 0 Å². The van der Waals surface area contributed by atoms with Crippen molar-refractivity contribution in [3.05, 3.63) is 35.9 Å². The van der Waals surface area contributed by atoms with E-state index in [1.165, 1.54) is 6.92 Å². The lowest BCUT2D eigenvalue weighted by Gasteiger charge is -2.08. The highest BCUT2D eigenvalue weighted by Crippen LogP contribution is 2.05. The fourth-order valence-electron chi connectivity index (χ4n) is 1.04. The van der Waals surface area contributed by atoms with Gasteiger partial charge in [-0.3, -0.25) is 4.79 Å². The van der Waals surface area contributed by atoms with E-state index < -0.39 is 12.3 Å². The molecule has 1 atom stereocenters. The Hall–Kier alpha value is -1.84. The van der Waals surface area contributed by atoms with Gasteiger partial charge in [0.2, 0.25) is 5.78 Å². The minimum Gasteiger partial charge on any atom is -0.450 e. The first-order chi connectivity index (χ1) is 6.61. The highest BCUT2D eigenvalue weighted by Gasteiger charge is 2.18. The molecule has 0 fully saturated rings. The first-order valence-corrected chi connectivity index (χ1v) is 4.10. The molecule has 4 heteroatoms.